The number of aromatic nitrogens is 5. The van der Waals surface area contributed by atoms with Gasteiger partial charge in [-0.25, -0.2) is 4.68 Å². The molecule has 1 unspecified atom stereocenters. The average Bonchev–Trinajstić information content (AvgIpc) is 3.56. The lowest BCUT2D eigenvalue weighted by Crippen LogP contribution is -2.33. The van der Waals surface area contributed by atoms with Crippen LogP contribution in [0.2, 0.25) is 0 Å². The van der Waals surface area contributed by atoms with Gasteiger partial charge in [0.2, 0.25) is 0 Å². The first-order valence-corrected chi connectivity index (χ1v) is 12.8. The van der Waals surface area contributed by atoms with Gasteiger partial charge in [0.05, 0.1) is 24.9 Å². The summed E-state index contributed by atoms with van der Waals surface area (Å²) < 4.78 is 7.78. The maximum absolute atomic E-state index is 13.1. The molecule has 0 aliphatic heterocycles. The van der Waals surface area contributed by atoms with Crippen LogP contribution in [0.15, 0.2) is 51.9 Å². The molecule has 1 N–H and O–H groups in total. The van der Waals surface area contributed by atoms with E-state index in [1.54, 1.807) is 6.26 Å². The normalized spacial score (nSPS) is 15.7. The van der Waals surface area contributed by atoms with Gasteiger partial charge in [-0.15, -0.1) is 5.10 Å². The SMILES string of the molecule is CCCC(c1nnnn1C1CCCCC1)N(Cc1ccco1)Cc1cc2cc(C)ccc2[nH]c1=O. The molecule has 1 atom stereocenters. The maximum atomic E-state index is 13.1. The molecule has 1 aliphatic rings. The Hall–Kier alpha value is -3.26. The lowest BCUT2D eigenvalue weighted by Gasteiger charge is -2.32. The molecule has 0 amide bonds. The minimum absolute atomic E-state index is 0.0327. The summed E-state index contributed by atoms with van der Waals surface area (Å²) in [5, 5.41) is 14.1. The Morgan fingerprint density at radius 1 is 1.17 bits per heavy atom. The maximum Gasteiger partial charge on any atom is 0.252 e. The van der Waals surface area contributed by atoms with E-state index in [2.05, 4.69) is 50.0 Å². The van der Waals surface area contributed by atoms with Crippen molar-refractivity contribution in [1.29, 1.82) is 0 Å². The van der Waals surface area contributed by atoms with Gasteiger partial charge in [-0.05, 0) is 72.3 Å². The van der Waals surface area contributed by atoms with Crippen LogP contribution in [-0.4, -0.2) is 30.1 Å². The molecule has 0 saturated heterocycles. The first-order chi connectivity index (χ1) is 17.1. The van der Waals surface area contributed by atoms with Crippen molar-refractivity contribution in [1.82, 2.24) is 30.1 Å². The molecule has 1 aromatic carbocycles. The number of hydrogen-bond donors (Lipinski definition) is 1. The number of aromatic amines is 1. The van der Waals surface area contributed by atoms with E-state index < -0.39 is 0 Å². The van der Waals surface area contributed by atoms with Gasteiger partial charge in [-0.2, -0.15) is 0 Å². The molecule has 8 nitrogen and oxygen atoms in total. The van der Waals surface area contributed by atoms with Crippen molar-refractivity contribution < 1.29 is 4.42 Å². The van der Waals surface area contributed by atoms with Crippen molar-refractivity contribution >= 4 is 10.9 Å². The van der Waals surface area contributed by atoms with E-state index in [1.165, 1.54) is 24.8 Å². The Kier molecular flexibility index (Phi) is 7.08. The Balaban J connectivity index is 1.53. The number of pyridine rings is 1. The van der Waals surface area contributed by atoms with E-state index in [9.17, 15) is 4.79 Å². The summed E-state index contributed by atoms with van der Waals surface area (Å²) in [5.41, 5.74) is 2.69. The van der Waals surface area contributed by atoms with E-state index in [-0.39, 0.29) is 11.6 Å². The fourth-order valence-electron chi connectivity index (χ4n) is 5.34. The lowest BCUT2D eigenvalue weighted by atomic mass is 9.95. The second kappa shape index (κ2) is 10.6. The van der Waals surface area contributed by atoms with Crippen molar-refractivity contribution in [2.24, 2.45) is 0 Å². The summed E-state index contributed by atoms with van der Waals surface area (Å²) in [4.78, 5) is 18.4. The molecule has 184 valence electrons. The van der Waals surface area contributed by atoms with Crippen molar-refractivity contribution in [3.8, 4) is 0 Å². The van der Waals surface area contributed by atoms with Crippen LogP contribution in [0.25, 0.3) is 10.9 Å². The number of hydrogen-bond acceptors (Lipinski definition) is 6. The van der Waals surface area contributed by atoms with Crippen LogP contribution in [0.5, 0.6) is 0 Å². The molecule has 0 radical (unpaired) electrons. The van der Waals surface area contributed by atoms with Crippen LogP contribution in [-0.2, 0) is 13.1 Å². The first kappa shape index (κ1) is 23.5. The fraction of sp³-hybridized carbons (Fsp3) is 0.481. The predicted molar refractivity (Wildman–Crippen MR) is 135 cm³/mol. The summed E-state index contributed by atoms with van der Waals surface area (Å²) in [7, 11) is 0. The Bertz CT molecular complexity index is 1300. The highest BCUT2D eigenvalue weighted by Gasteiger charge is 2.30. The number of nitrogens with zero attached hydrogens (tertiary/aromatic N) is 5. The van der Waals surface area contributed by atoms with E-state index in [1.807, 2.05) is 30.3 Å². The number of H-pyrrole nitrogens is 1. The zero-order valence-electron chi connectivity index (χ0n) is 20.6. The third-order valence-corrected chi connectivity index (χ3v) is 7.13. The summed E-state index contributed by atoms with van der Waals surface area (Å²) in [6.07, 6.45) is 9.48. The molecule has 1 aliphatic carbocycles. The van der Waals surface area contributed by atoms with Gasteiger partial charge in [0, 0.05) is 17.6 Å². The number of furan rings is 1. The van der Waals surface area contributed by atoms with Gasteiger partial charge in [0.1, 0.15) is 5.76 Å². The van der Waals surface area contributed by atoms with Crippen molar-refractivity contribution in [3.05, 3.63) is 75.7 Å². The summed E-state index contributed by atoms with van der Waals surface area (Å²) in [6, 6.07) is 12.3. The third kappa shape index (κ3) is 5.22. The molecular formula is C27H34N6O2. The molecule has 3 heterocycles. The number of benzene rings is 1. The fourth-order valence-corrected chi connectivity index (χ4v) is 5.34. The van der Waals surface area contributed by atoms with Crippen LogP contribution in [0, 0.1) is 6.92 Å². The van der Waals surface area contributed by atoms with Crippen LogP contribution in [0.3, 0.4) is 0 Å². The van der Waals surface area contributed by atoms with Crippen LogP contribution < -0.4 is 5.56 Å². The van der Waals surface area contributed by atoms with E-state index in [0.717, 1.165) is 53.7 Å². The Labute approximate surface area is 205 Å². The summed E-state index contributed by atoms with van der Waals surface area (Å²) >= 11 is 0. The monoisotopic (exact) mass is 474 g/mol. The van der Waals surface area contributed by atoms with Gasteiger partial charge in [0.15, 0.2) is 5.82 Å². The highest BCUT2D eigenvalue weighted by Crippen LogP contribution is 2.33. The van der Waals surface area contributed by atoms with Crippen LogP contribution in [0.1, 0.15) is 86.7 Å². The third-order valence-electron chi connectivity index (χ3n) is 7.13. The van der Waals surface area contributed by atoms with Crippen molar-refractivity contribution in [2.75, 3.05) is 0 Å². The molecule has 3 aromatic heterocycles. The number of rotatable bonds is 9. The van der Waals surface area contributed by atoms with Crippen LogP contribution in [0.4, 0.5) is 0 Å². The average molecular weight is 475 g/mol. The molecule has 5 rings (SSSR count). The molecule has 1 fully saturated rings. The van der Waals surface area contributed by atoms with Gasteiger partial charge in [-0.1, -0.05) is 44.2 Å². The second-order valence-corrected chi connectivity index (χ2v) is 9.78. The minimum atomic E-state index is -0.0621. The van der Waals surface area contributed by atoms with E-state index in [4.69, 9.17) is 4.42 Å². The molecule has 4 aromatic rings. The number of aryl methyl sites for hydroxylation is 1. The topological polar surface area (TPSA) is 92.8 Å². The molecule has 0 spiro atoms. The van der Waals surface area contributed by atoms with E-state index in [0.29, 0.717) is 19.1 Å². The number of fused-ring (bicyclic) bond motifs is 1. The van der Waals surface area contributed by atoms with Crippen molar-refractivity contribution in [3.63, 3.8) is 0 Å². The Morgan fingerprint density at radius 2 is 2.03 bits per heavy atom. The van der Waals surface area contributed by atoms with Gasteiger partial charge < -0.3 is 9.40 Å². The number of tetrazole rings is 1. The largest absolute Gasteiger partial charge is 0.468 e. The quantitative estimate of drug-likeness (QED) is 0.346. The predicted octanol–water partition coefficient (Wildman–Crippen LogP) is 5.46. The molecular weight excluding hydrogens is 440 g/mol. The zero-order chi connectivity index (χ0) is 24.2. The smallest absolute Gasteiger partial charge is 0.252 e. The number of nitrogens with one attached hydrogen (secondary N) is 1. The molecule has 0 bridgehead atoms. The zero-order valence-corrected chi connectivity index (χ0v) is 20.6. The second-order valence-electron chi connectivity index (χ2n) is 9.78. The van der Waals surface area contributed by atoms with Gasteiger partial charge in [0.25, 0.3) is 5.56 Å². The molecule has 1 saturated carbocycles. The van der Waals surface area contributed by atoms with Gasteiger partial charge >= 0.3 is 0 Å². The summed E-state index contributed by atoms with van der Waals surface area (Å²) in [6.45, 7) is 5.29. The lowest BCUT2D eigenvalue weighted by molar-refractivity contribution is 0.139. The van der Waals surface area contributed by atoms with Gasteiger partial charge in [-0.3, -0.25) is 9.69 Å². The van der Waals surface area contributed by atoms with Crippen molar-refractivity contribution in [2.45, 2.75) is 84.0 Å². The highest BCUT2D eigenvalue weighted by atomic mass is 16.3. The van der Waals surface area contributed by atoms with E-state index >= 15 is 0 Å². The van der Waals surface area contributed by atoms with Crippen LogP contribution >= 0.6 is 0 Å². The standard InChI is InChI=1S/C27H34N6O2/c1-3-8-25(26-29-30-31-33(26)22-9-5-4-6-10-22)32(18-23-11-7-14-35-23)17-21-16-20-15-19(2)12-13-24(20)28-27(21)34/h7,11-16,22,25H,3-6,8-10,17-18H2,1-2H3,(H,28,34). The Morgan fingerprint density at radius 3 is 2.80 bits per heavy atom. The first-order valence-electron chi connectivity index (χ1n) is 12.8. The molecule has 35 heavy (non-hydrogen) atoms. The molecule has 8 heteroatoms. The highest BCUT2D eigenvalue weighted by molar-refractivity contribution is 5.79. The summed E-state index contributed by atoms with van der Waals surface area (Å²) in [5.74, 6) is 1.74. The minimum Gasteiger partial charge on any atom is -0.468 e.